The van der Waals surface area contributed by atoms with Crippen molar-refractivity contribution in [3.63, 3.8) is 0 Å². The van der Waals surface area contributed by atoms with E-state index in [1.54, 1.807) is 0 Å². The molecule has 0 aromatic heterocycles. The largest absolute Gasteiger partial charge is 0.339 e. The normalized spacial score (nSPS) is 22.3. The average molecular weight is 272 g/mol. The number of hydrogen-bond donors (Lipinski definition) is 0. The Balaban J connectivity index is 1.92. The van der Waals surface area contributed by atoms with Crippen LogP contribution in [0, 0.1) is 5.92 Å². The van der Waals surface area contributed by atoms with E-state index in [-0.39, 0.29) is 0 Å². The highest BCUT2D eigenvalue weighted by molar-refractivity contribution is 6.17. The molecule has 0 atom stereocenters. The van der Waals surface area contributed by atoms with Crippen molar-refractivity contribution < 1.29 is 4.79 Å². The van der Waals surface area contributed by atoms with Gasteiger partial charge in [-0.25, -0.2) is 0 Å². The van der Waals surface area contributed by atoms with Gasteiger partial charge in [0, 0.05) is 24.4 Å². The minimum atomic E-state index is 0.309. The molecule has 0 heterocycles. The van der Waals surface area contributed by atoms with Gasteiger partial charge in [0.25, 0.3) is 0 Å². The summed E-state index contributed by atoms with van der Waals surface area (Å²) in [6.45, 7) is 0.878. The van der Waals surface area contributed by atoms with Gasteiger partial charge in [0.2, 0.25) is 5.91 Å². The summed E-state index contributed by atoms with van der Waals surface area (Å²) in [6.07, 6.45) is 12.0. The maximum absolute atomic E-state index is 12.7. The first-order chi connectivity index (χ1) is 8.83. The van der Waals surface area contributed by atoms with Gasteiger partial charge < -0.3 is 4.90 Å². The van der Waals surface area contributed by atoms with E-state index in [0.717, 1.165) is 25.8 Å². The molecule has 0 N–H and O–H groups in total. The van der Waals surface area contributed by atoms with Crippen LogP contribution >= 0.6 is 11.6 Å². The maximum atomic E-state index is 12.7. The molecule has 0 saturated heterocycles. The molecule has 2 aliphatic carbocycles. The summed E-state index contributed by atoms with van der Waals surface area (Å²) in [5.41, 5.74) is 0. The van der Waals surface area contributed by atoms with Gasteiger partial charge in [0.15, 0.2) is 0 Å². The Hall–Kier alpha value is -0.240. The Labute approximate surface area is 116 Å². The van der Waals surface area contributed by atoms with Crippen molar-refractivity contribution in [3.05, 3.63) is 0 Å². The molecule has 0 spiro atoms. The van der Waals surface area contributed by atoms with Gasteiger partial charge in [0.1, 0.15) is 0 Å². The number of alkyl halides is 1. The van der Waals surface area contributed by atoms with Crippen LogP contribution in [0.15, 0.2) is 0 Å². The molecule has 2 aliphatic rings. The fourth-order valence-corrected chi connectivity index (χ4v) is 3.28. The SMILES string of the molecule is O=C(C1CCCCCC1)N(CCCCl)C1CCC1. The number of carbonyl (C=O) groups is 1. The molecular weight excluding hydrogens is 246 g/mol. The Morgan fingerprint density at radius 2 is 1.67 bits per heavy atom. The summed E-state index contributed by atoms with van der Waals surface area (Å²) >= 11 is 5.79. The topological polar surface area (TPSA) is 20.3 Å². The second-order valence-electron chi connectivity index (χ2n) is 5.85. The second-order valence-corrected chi connectivity index (χ2v) is 6.23. The molecule has 2 rings (SSSR count). The quantitative estimate of drug-likeness (QED) is 0.547. The Morgan fingerprint density at radius 1 is 1.00 bits per heavy atom. The molecule has 18 heavy (non-hydrogen) atoms. The first-order valence-corrected chi connectivity index (χ1v) is 8.23. The van der Waals surface area contributed by atoms with Crippen molar-refractivity contribution in [3.8, 4) is 0 Å². The Bertz CT molecular complexity index is 257. The van der Waals surface area contributed by atoms with Crippen molar-refractivity contribution in [1.29, 1.82) is 0 Å². The Kier molecular flexibility index (Phi) is 5.81. The summed E-state index contributed by atoms with van der Waals surface area (Å²) in [5.74, 6) is 1.41. The van der Waals surface area contributed by atoms with Gasteiger partial charge in [-0.2, -0.15) is 0 Å². The van der Waals surface area contributed by atoms with Gasteiger partial charge >= 0.3 is 0 Å². The van der Waals surface area contributed by atoms with Gasteiger partial charge in [-0.05, 0) is 38.5 Å². The maximum Gasteiger partial charge on any atom is 0.225 e. The van der Waals surface area contributed by atoms with Gasteiger partial charge in [0.05, 0.1) is 0 Å². The van der Waals surface area contributed by atoms with Crippen LogP contribution in [0.3, 0.4) is 0 Å². The van der Waals surface area contributed by atoms with Gasteiger partial charge in [-0.1, -0.05) is 25.7 Å². The van der Waals surface area contributed by atoms with Crippen molar-refractivity contribution in [2.45, 2.75) is 70.3 Å². The van der Waals surface area contributed by atoms with E-state index < -0.39 is 0 Å². The van der Waals surface area contributed by atoms with E-state index in [1.165, 1.54) is 44.9 Å². The lowest BCUT2D eigenvalue weighted by Gasteiger charge is -2.39. The van der Waals surface area contributed by atoms with Crippen molar-refractivity contribution in [1.82, 2.24) is 4.90 Å². The molecule has 0 radical (unpaired) electrons. The highest BCUT2D eigenvalue weighted by atomic mass is 35.5. The minimum absolute atomic E-state index is 0.309. The van der Waals surface area contributed by atoms with Crippen LogP contribution in [0.5, 0.6) is 0 Å². The number of halogens is 1. The molecule has 2 nitrogen and oxygen atoms in total. The summed E-state index contributed by atoms with van der Waals surface area (Å²) in [7, 11) is 0. The lowest BCUT2D eigenvalue weighted by atomic mass is 9.89. The van der Waals surface area contributed by atoms with Crippen molar-refractivity contribution in [2.24, 2.45) is 5.92 Å². The van der Waals surface area contributed by atoms with Gasteiger partial charge in [-0.3, -0.25) is 4.79 Å². The molecule has 0 aromatic rings. The number of hydrogen-bond acceptors (Lipinski definition) is 1. The highest BCUT2D eigenvalue weighted by Gasteiger charge is 2.32. The first kappa shape index (κ1) is 14.2. The first-order valence-electron chi connectivity index (χ1n) is 7.69. The van der Waals surface area contributed by atoms with Crippen molar-refractivity contribution >= 4 is 17.5 Å². The zero-order valence-corrected chi connectivity index (χ0v) is 12.1. The minimum Gasteiger partial charge on any atom is -0.339 e. The van der Waals surface area contributed by atoms with Crippen LogP contribution < -0.4 is 0 Å². The van der Waals surface area contributed by atoms with Crippen LogP contribution in [0.25, 0.3) is 0 Å². The van der Waals surface area contributed by atoms with E-state index in [1.807, 2.05) is 0 Å². The zero-order chi connectivity index (χ0) is 12.8. The summed E-state index contributed by atoms with van der Waals surface area (Å²) < 4.78 is 0. The molecule has 0 aromatic carbocycles. The standard InChI is InChI=1S/C15H26ClNO/c16-11-6-12-17(14-9-5-10-14)15(18)13-7-3-1-2-4-8-13/h13-14H,1-12H2. The second kappa shape index (κ2) is 7.37. The molecule has 0 aliphatic heterocycles. The fourth-order valence-electron chi connectivity index (χ4n) is 3.16. The Morgan fingerprint density at radius 3 is 2.17 bits per heavy atom. The summed E-state index contributed by atoms with van der Waals surface area (Å²) in [5, 5.41) is 0. The number of nitrogens with zero attached hydrogens (tertiary/aromatic N) is 1. The van der Waals surface area contributed by atoms with Crippen LogP contribution in [-0.2, 0) is 4.79 Å². The predicted molar refractivity (Wildman–Crippen MR) is 75.9 cm³/mol. The number of carbonyl (C=O) groups excluding carboxylic acids is 1. The number of rotatable bonds is 5. The number of amides is 1. The third-order valence-corrected chi connectivity index (χ3v) is 4.80. The molecule has 1 amide bonds. The lowest BCUT2D eigenvalue weighted by Crippen LogP contribution is -2.47. The lowest BCUT2D eigenvalue weighted by molar-refractivity contribution is -0.140. The molecular formula is C15H26ClNO. The van der Waals surface area contributed by atoms with Crippen LogP contribution in [0.1, 0.15) is 64.2 Å². The van der Waals surface area contributed by atoms with E-state index in [4.69, 9.17) is 11.6 Å². The van der Waals surface area contributed by atoms with Crippen LogP contribution in [0.4, 0.5) is 0 Å². The smallest absolute Gasteiger partial charge is 0.225 e. The fraction of sp³-hybridized carbons (Fsp3) is 0.933. The van der Waals surface area contributed by atoms with E-state index >= 15 is 0 Å². The summed E-state index contributed by atoms with van der Waals surface area (Å²) in [4.78, 5) is 14.8. The van der Waals surface area contributed by atoms with Crippen LogP contribution in [-0.4, -0.2) is 29.3 Å². The molecule has 0 unspecified atom stereocenters. The van der Waals surface area contributed by atoms with E-state index in [9.17, 15) is 4.79 Å². The molecule has 2 saturated carbocycles. The molecule has 104 valence electrons. The monoisotopic (exact) mass is 271 g/mol. The van der Waals surface area contributed by atoms with Crippen molar-refractivity contribution in [2.75, 3.05) is 12.4 Å². The summed E-state index contributed by atoms with van der Waals surface area (Å²) in [6, 6.07) is 0.531. The van der Waals surface area contributed by atoms with E-state index in [0.29, 0.717) is 23.7 Å². The molecule has 2 fully saturated rings. The van der Waals surface area contributed by atoms with Crippen LogP contribution in [0.2, 0.25) is 0 Å². The van der Waals surface area contributed by atoms with E-state index in [2.05, 4.69) is 4.90 Å². The zero-order valence-electron chi connectivity index (χ0n) is 11.4. The average Bonchev–Trinajstić information content (AvgIpc) is 2.59. The molecule has 3 heteroatoms. The molecule has 0 bridgehead atoms. The third kappa shape index (κ3) is 3.63. The third-order valence-electron chi connectivity index (χ3n) is 4.54. The highest BCUT2D eigenvalue weighted by Crippen LogP contribution is 2.30. The van der Waals surface area contributed by atoms with Gasteiger partial charge in [-0.15, -0.1) is 11.6 Å². The predicted octanol–water partition coefficient (Wildman–Crippen LogP) is 3.97.